The van der Waals surface area contributed by atoms with Crippen molar-refractivity contribution in [2.45, 2.75) is 25.4 Å². The Kier molecular flexibility index (Phi) is 4.10. The Morgan fingerprint density at radius 1 is 1.35 bits per heavy atom. The molecule has 0 saturated heterocycles. The number of hydrogen-bond donors (Lipinski definition) is 0. The van der Waals surface area contributed by atoms with E-state index in [1.165, 1.54) is 12.8 Å². The number of amides is 1. The summed E-state index contributed by atoms with van der Waals surface area (Å²) in [6.45, 7) is 8.64. The average molecular weight is 329 g/mol. The number of carbonyl (C=O) groups is 1. The number of hydrogen-bond acceptors (Lipinski definition) is 2. The van der Waals surface area contributed by atoms with Crippen molar-refractivity contribution in [3.63, 3.8) is 0 Å². The van der Waals surface area contributed by atoms with E-state index < -0.39 is 6.04 Å². The molecule has 5 nitrogen and oxygen atoms in total. The van der Waals surface area contributed by atoms with Crippen LogP contribution >= 0.6 is 12.4 Å². The largest absolute Gasteiger partial charge is 0.334 e. The second kappa shape index (κ2) is 6.05. The molecule has 2 aromatic rings. The lowest BCUT2D eigenvalue weighted by molar-refractivity contribution is -0.136. The van der Waals surface area contributed by atoms with Gasteiger partial charge in [-0.3, -0.25) is 4.79 Å². The van der Waals surface area contributed by atoms with E-state index in [0.29, 0.717) is 18.2 Å². The van der Waals surface area contributed by atoms with E-state index in [1.807, 2.05) is 27.8 Å². The summed E-state index contributed by atoms with van der Waals surface area (Å²) in [7, 11) is 0. The fraction of sp³-hybridized carbons (Fsp3) is 0.353. The molecule has 2 aliphatic rings. The van der Waals surface area contributed by atoms with Crippen LogP contribution in [0.2, 0.25) is 0 Å². The first-order chi connectivity index (χ1) is 10.8. The molecular formula is C17H17ClN4O. The zero-order valence-electron chi connectivity index (χ0n) is 12.6. The summed E-state index contributed by atoms with van der Waals surface area (Å²) in [6, 6.07) is 6.93. The van der Waals surface area contributed by atoms with Crippen LogP contribution < -0.4 is 0 Å². The van der Waals surface area contributed by atoms with E-state index in [4.69, 9.17) is 6.57 Å². The van der Waals surface area contributed by atoms with Crippen molar-refractivity contribution in [1.29, 1.82) is 0 Å². The van der Waals surface area contributed by atoms with Gasteiger partial charge < -0.3 is 9.47 Å². The van der Waals surface area contributed by atoms with Crippen LogP contribution in [0.5, 0.6) is 0 Å². The topological polar surface area (TPSA) is 42.5 Å². The molecule has 1 aromatic heterocycles. The van der Waals surface area contributed by atoms with Gasteiger partial charge in [0.15, 0.2) is 5.69 Å². The van der Waals surface area contributed by atoms with Gasteiger partial charge in [0.2, 0.25) is 0 Å². The Morgan fingerprint density at radius 3 is 2.91 bits per heavy atom. The normalized spacial score (nSPS) is 19.7. The molecule has 0 N–H and O–H groups in total. The zero-order valence-corrected chi connectivity index (χ0v) is 13.4. The maximum Gasteiger partial charge on any atom is 0.250 e. The standard InChI is InChI=1S/C17H16N4O.ClH/c1-18-14-4-2-3-13(7-14)16-17(22)20(9-12-5-6-12)10-15-8-19-11-21(15)16;/h2-4,7-8,11-12,16H,5-6,9-10H2;1H. The maximum absolute atomic E-state index is 12.9. The molecule has 0 bridgehead atoms. The highest BCUT2D eigenvalue weighted by Crippen LogP contribution is 2.35. The van der Waals surface area contributed by atoms with E-state index in [1.54, 1.807) is 18.5 Å². The highest BCUT2D eigenvalue weighted by atomic mass is 35.5. The highest BCUT2D eigenvalue weighted by Gasteiger charge is 2.36. The Balaban J connectivity index is 0.00000156. The minimum Gasteiger partial charge on any atom is -0.334 e. The number of rotatable bonds is 3. The van der Waals surface area contributed by atoms with Crippen molar-refractivity contribution < 1.29 is 4.79 Å². The molecule has 1 fully saturated rings. The second-order valence-corrected chi connectivity index (χ2v) is 6.06. The Hall–Kier alpha value is -2.32. The summed E-state index contributed by atoms with van der Waals surface area (Å²) in [6.07, 6.45) is 6.00. The Morgan fingerprint density at radius 2 is 2.17 bits per heavy atom. The molecule has 23 heavy (non-hydrogen) atoms. The lowest BCUT2D eigenvalue weighted by Gasteiger charge is -2.34. The van der Waals surface area contributed by atoms with Gasteiger partial charge in [0, 0.05) is 12.7 Å². The number of halogens is 1. The van der Waals surface area contributed by atoms with Crippen molar-refractivity contribution >= 4 is 24.0 Å². The SMILES string of the molecule is Cl.[C-]#[N+]c1cccc(C2C(=O)N(CC3CC3)Cc3cncn32)c1. The molecular weight excluding hydrogens is 312 g/mol. The van der Waals surface area contributed by atoms with Crippen molar-refractivity contribution in [2.24, 2.45) is 5.92 Å². The van der Waals surface area contributed by atoms with Crippen molar-refractivity contribution in [2.75, 3.05) is 6.54 Å². The van der Waals surface area contributed by atoms with Crippen LogP contribution in [0.15, 0.2) is 36.8 Å². The van der Waals surface area contributed by atoms with Gasteiger partial charge >= 0.3 is 0 Å². The Labute approximate surface area is 141 Å². The van der Waals surface area contributed by atoms with E-state index >= 15 is 0 Å². The van der Waals surface area contributed by atoms with Crippen LogP contribution in [0.4, 0.5) is 5.69 Å². The molecule has 0 radical (unpaired) electrons. The van der Waals surface area contributed by atoms with E-state index in [-0.39, 0.29) is 18.3 Å². The first kappa shape index (κ1) is 15.6. The summed E-state index contributed by atoms with van der Waals surface area (Å²) < 4.78 is 1.94. The summed E-state index contributed by atoms with van der Waals surface area (Å²) in [4.78, 5) is 22.6. The Bertz CT molecular complexity index is 775. The smallest absolute Gasteiger partial charge is 0.250 e. The van der Waals surface area contributed by atoms with Gasteiger partial charge in [0.25, 0.3) is 5.91 Å². The zero-order chi connectivity index (χ0) is 15.1. The predicted octanol–water partition coefficient (Wildman–Crippen LogP) is 3.20. The number of imidazole rings is 1. The highest BCUT2D eigenvalue weighted by molar-refractivity contribution is 5.85. The van der Waals surface area contributed by atoms with Gasteiger partial charge in [-0.15, -0.1) is 12.4 Å². The quantitative estimate of drug-likeness (QED) is 0.812. The third-order valence-electron chi connectivity index (χ3n) is 4.41. The van der Waals surface area contributed by atoms with E-state index in [2.05, 4.69) is 9.83 Å². The van der Waals surface area contributed by atoms with Gasteiger partial charge in [0.1, 0.15) is 6.04 Å². The third kappa shape index (κ3) is 2.82. The second-order valence-electron chi connectivity index (χ2n) is 6.06. The van der Waals surface area contributed by atoms with Crippen molar-refractivity contribution in [3.8, 4) is 0 Å². The van der Waals surface area contributed by atoms with E-state index in [9.17, 15) is 4.79 Å². The monoisotopic (exact) mass is 328 g/mol. The predicted molar refractivity (Wildman–Crippen MR) is 88.5 cm³/mol. The molecule has 1 unspecified atom stereocenters. The fourth-order valence-corrected chi connectivity index (χ4v) is 3.09. The molecule has 1 aromatic carbocycles. The van der Waals surface area contributed by atoms with Gasteiger partial charge in [-0.25, -0.2) is 9.83 Å². The van der Waals surface area contributed by atoms with Crippen LogP contribution in [0, 0.1) is 12.5 Å². The van der Waals surface area contributed by atoms with Crippen LogP contribution in [0.1, 0.15) is 30.1 Å². The molecule has 2 heterocycles. The van der Waals surface area contributed by atoms with Crippen LogP contribution in [-0.4, -0.2) is 26.9 Å². The van der Waals surface area contributed by atoms with Gasteiger partial charge in [-0.05, 0) is 24.3 Å². The summed E-state index contributed by atoms with van der Waals surface area (Å²) in [5, 5.41) is 0. The number of carbonyl (C=O) groups excluding carboxylic acids is 1. The maximum atomic E-state index is 12.9. The summed E-state index contributed by atoms with van der Waals surface area (Å²) in [5.74, 6) is 0.771. The minimum absolute atomic E-state index is 0. The van der Waals surface area contributed by atoms with Crippen LogP contribution in [-0.2, 0) is 11.3 Å². The lowest BCUT2D eigenvalue weighted by atomic mass is 10.0. The minimum atomic E-state index is -0.397. The average Bonchev–Trinajstić information content (AvgIpc) is 3.24. The molecule has 118 valence electrons. The first-order valence-corrected chi connectivity index (χ1v) is 7.53. The molecule has 0 spiro atoms. The first-order valence-electron chi connectivity index (χ1n) is 7.53. The van der Waals surface area contributed by atoms with Gasteiger partial charge in [0.05, 0.1) is 25.1 Å². The van der Waals surface area contributed by atoms with Crippen molar-refractivity contribution in [1.82, 2.24) is 14.5 Å². The lowest BCUT2D eigenvalue weighted by Crippen LogP contribution is -2.43. The molecule has 1 amide bonds. The molecule has 4 rings (SSSR count). The fourth-order valence-electron chi connectivity index (χ4n) is 3.09. The van der Waals surface area contributed by atoms with Gasteiger partial charge in [-0.1, -0.05) is 24.3 Å². The van der Waals surface area contributed by atoms with Crippen LogP contribution in [0.3, 0.4) is 0 Å². The van der Waals surface area contributed by atoms with Crippen molar-refractivity contribution in [3.05, 3.63) is 59.5 Å². The summed E-state index contributed by atoms with van der Waals surface area (Å²) in [5.41, 5.74) is 2.47. The third-order valence-corrected chi connectivity index (χ3v) is 4.41. The van der Waals surface area contributed by atoms with E-state index in [0.717, 1.165) is 17.8 Å². The summed E-state index contributed by atoms with van der Waals surface area (Å²) >= 11 is 0. The molecule has 1 aliphatic carbocycles. The number of nitrogens with zero attached hydrogens (tertiary/aromatic N) is 4. The van der Waals surface area contributed by atoms with Gasteiger partial charge in [-0.2, -0.15) is 0 Å². The molecule has 6 heteroatoms. The molecule has 1 saturated carbocycles. The molecule has 1 aliphatic heterocycles. The number of fused-ring (bicyclic) bond motifs is 1. The molecule has 1 atom stereocenters. The number of benzene rings is 1. The van der Waals surface area contributed by atoms with Crippen LogP contribution in [0.25, 0.3) is 4.85 Å². The number of aromatic nitrogens is 2.